The number of carbonyl (C=O) groups excluding carboxylic acids is 1. The molecule has 0 amide bonds. The predicted octanol–water partition coefficient (Wildman–Crippen LogP) is 4.91. The molecule has 0 saturated heterocycles. The van der Waals surface area contributed by atoms with Crippen molar-refractivity contribution in [3.63, 3.8) is 0 Å². The molecule has 0 bridgehead atoms. The number of rotatable bonds is 8. The molecule has 1 saturated carbocycles. The Kier molecular flexibility index (Phi) is 7.23. The first-order valence-electron chi connectivity index (χ1n) is 7.41. The van der Waals surface area contributed by atoms with Crippen LogP contribution in [0.2, 0.25) is 0 Å². The topological polar surface area (TPSA) is 17.1 Å². The van der Waals surface area contributed by atoms with Crippen LogP contribution in [0.1, 0.15) is 71.1 Å². The molecule has 17 heavy (non-hydrogen) atoms. The zero-order valence-electron chi connectivity index (χ0n) is 11.4. The molecule has 0 unspecified atom stereocenters. The largest absolute Gasteiger partial charge is 0.299 e. The summed E-state index contributed by atoms with van der Waals surface area (Å²) in [4.78, 5) is 12.0. The van der Waals surface area contributed by atoms with Crippen LogP contribution in [0.15, 0.2) is 12.7 Å². The van der Waals surface area contributed by atoms with E-state index < -0.39 is 0 Å². The van der Waals surface area contributed by atoms with Gasteiger partial charge in [-0.1, -0.05) is 32.3 Å². The van der Waals surface area contributed by atoms with E-state index in [1.165, 1.54) is 32.1 Å². The van der Waals surface area contributed by atoms with Crippen molar-refractivity contribution in [3.05, 3.63) is 12.7 Å². The van der Waals surface area contributed by atoms with Crippen molar-refractivity contribution >= 4 is 5.78 Å². The monoisotopic (exact) mass is 236 g/mol. The minimum Gasteiger partial charge on any atom is -0.299 e. The zero-order valence-corrected chi connectivity index (χ0v) is 11.4. The lowest BCUT2D eigenvalue weighted by atomic mass is 9.77. The van der Waals surface area contributed by atoms with Crippen LogP contribution in [0.5, 0.6) is 0 Å². The van der Waals surface area contributed by atoms with Crippen LogP contribution in [0, 0.1) is 11.8 Å². The zero-order chi connectivity index (χ0) is 12.5. The van der Waals surface area contributed by atoms with Gasteiger partial charge in [-0.2, -0.15) is 0 Å². The highest BCUT2D eigenvalue weighted by Gasteiger charge is 2.25. The average Bonchev–Trinajstić information content (AvgIpc) is 2.37. The molecule has 1 aliphatic rings. The molecule has 0 aromatic rings. The lowest BCUT2D eigenvalue weighted by molar-refractivity contribution is -0.124. The third kappa shape index (κ3) is 5.52. The number of ketones is 1. The van der Waals surface area contributed by atoms with Gasteiger partial charge in [0.15, 0.2) is 0 Å². The molecular formula is C16H28O. The summed E-state index contributed by atoms with van der Waals surface area (Å²) < 4.78 is 0. The van der Waals surface area contributed by atoms with Crippen molar-refractivity contribution in [2.75, 3.05) is 0 Å². The second-order valence-electron chi connectivity index (χ2n) is 5.51. The summed E-state index contributed by atoms with van der Waals surface area (Å²) in [5.74, 6) is 1.81. The molecule has 1 fully saturated rings. The Morgan fingerprint density at radius 2 is 1.94 bits per heavy atom. The van der Waals surface area contributed by atoms with Crippen molar-refractivity contribution in [2.24, 2.45) is 11.8 Å². The third-order valence-corrected chi connectivity index (χ3v) is 4.10. The lowest BCUT2D eigenvalue weighted by Gasteiger charge is -2.27. The number of carbonyl (C=O) groups is 1. The molecule has 0 aromatic heterocycles. The second-order valence-corrected chi connectivity index (χ2v) is 5.51. The maximum absolute atomic E-state index is 12.0. The third-order valence-electron chi connectivity index (χ3n) is 4.10. The number of allylic oxidation sites excluding steroid dienone is 1. The molecule has 0 spiro atoms. The molecule has 1 aliphatic carbocycles. The van der Waals surface area contributed by atoms with Gasteiger partial charge in [-0.25, -0.2) is 0 Å². The molecule has 0 heterocycles. The first-order valence-corrected chi connectivity index (χ1v) is 7.41. The molecule has 0 N–H and O–H groups in total. The second kappa shape index (κ2) is 8.49. The Balaban J connectivity index is 2.17. The standard InChI is InChI=1S/C16H28O/c1-3-5-7-9-16(17)15-12-10-14(11-13-15)8-6-4-2/h3,14-15H,1,4-13H2,2H3. The van der Waals surface area contributed by atoms with Crippen LogP contribution >= 0.6 is 0 Å². The van der Waals surface area contributed by atoms with Gasteiger partial charge in [0.25, 0.3) is 0 Å². The summed E-state index contributed by atoms with van der Waals surface area (Å²) in [5, 5.41) is 0. The van der Waals surface area contributed by atoms with Gasteiger partial charge in [0.2, 0.25) is 0 Å². The number of hydrogen-bond donors (Lipinski definition) is 0. The first kappa shape index (κ1) is 14.5. The van der Waals surface area contributed by atoms with E-state index in [0.717, 1.165) is 38.0 Å². The predicted molar refractivity (Wildman–Crippen MR) is 74.0 cm³/mol. The van der Waals surface area contributed by atoms with Gasteiger partial charge in [0.1, 0.15) is 5.78 Å². The van der Waals surface area contributed by atoms with E-state index in [0.29, 0.717) is 11.7 Å². The van der Waals surface area contributed by atoms with Crippen molar-refractivity contribution in [1.29, 1.82) is 0 Å². The smallest absolute Gasteiger partial charge is 0.135 e. The fraction of sp³-hybridized carbons (Fsp3) is 0.812. The molecule has 98 valence electrons. The quantitative estimate of drug-likeness (QED) is 0.432. The van der Waals surface area contributed by atoms with Crippen molar-refractivity contribution < 1.29 is 4.79 Å². The molecule has 1 rings (SSSR count). The van der Waals surface area contributed by atoms with E-state index in [1.807, 2.05) is 6.08 Å². The number of unbranched alkanes of at least 4 members (excludes halogenated alkanes) is 2. The summed E-state index contributed by atoms with van der Waals surface area (Å²) in [6.45, 7) is 5.96. The van der Waals surface area contributed by atoms with Gasteiger partial charge in [0, 0.05) is 12.3 Å². The maximum atomic E-state index is 12.0. The van der Waals surface area contributed by atoms with E-state index in [4.69, 9.17) is 0 Å². The van der Waals surface area contributed by atoms with Gasteiger partial charge in [-0.3, -0.25) is 4.79 Å². The lowest BCUT2D eigenvalue weighted by Crippen LogP contribution is -2.21. The Morgan fingerprint density at radius 3 is 2.53 bits per heavy atom. The van der Waals surface area contributed by atoms with Crippen LogP contribution in [0.4, 0.5) is 0 Å². The molecule has 0 aliphatic heterocycles. The Hall–Kier alpha value is -0.590. The average molecular weight is 236 g/mol. The van der Waals surface area contributed by atoms with Crippen LogP contribution in [-0.4, -0.2) is 5.78 Å². The van der Waals surface area contributed by atoms with Gasteiger partial charge >= 0.3 is 0 Å². The van der Waals surface area contributed by atoms with E-state index in [1.54, 1.807) is 0 Å². The van der Waals surface area contributed by atoms with Gasteiger partial charge in [-0.05, 0) is 44.4 Å². The Labute approximate surface area is 107 Å². The summed E-state index contributed by atoms with van der Waals surface area (Å²) in [5.41, 5.74) is 0. The van der Waals surface area contributed by atoms with E-state index in [9.17, 15) is 4.79 Å². The minimum absolute atomic E-state index is 0.387. The number of hydrogen-bond acceptors (Lipinski definition) is 1. The van der Waals surface area contributed by atoms with E-state index in [2.05, 4.69) is 13.5 Å². The summed E-state index contributed by atoms with van der Waals surface area (Å²) in [6.07, 6.45) is 13.6. The molecule has 0 aromatic carbocycles. The van der Waals surface area contributed by atoms with E-state index in [-0.39, 0.29) is 0 Å². The molecular weight excluding hydrogens is 208 g/mol. The molecule has 0 atom stereocenters. The minimum atomic E-state index is 0.387. The summed E-state index contributed by atoms with van der Waals surface area (Å²) in [6, 6.07) is 0. The summed E-state index contributed by atoms with van der Waals surface area (Å²) in [7, 11) is 0. The van der Waals surface area contributed by atoms with Crippen LogP contribution < -0.4 is 0 Å². The van der Waals surface area contributed by atoms with Crippen molar-refractivity contribution in [2.45, 2.75) is 71.1 Å². The normalized spacial score (nSPS) is 24.5. The van der Waals surface area contributed by atoms with Gasteiger partial charge in [-0.15, -0.1) is 6.58 Å². The van der Waals surface area contributed by atoms with Crippen LogP contribution in [-0.2, 0) is 4.79 Å². The maximum Gasteiger partial charge on any atom is 0.135 e. The molecule has 0 radical (unpaired) electrons. The highest BCUT2D eigenvalue weighted by Crippen LogP contribution is 2.33. The SMILES string of the molecule is C=CCCCC(=O)C1CCC(CCCC)CC1. The van der Waals surface area contributed by atoms with Gasteiger partial charge in [0.05, 0.1) is 0 Å². The molecule has 1 nitrogen and oxygen atoms in total. The first-order chi connectivity index (χ1) is 8.27. The fourth-order valence-corrected chi connectivity index (χ4v) is 2.89. The van der Waals surface area contributed by atoms with Crippen LogP contribution in [0.3, 0.4) is 0 Å². The highest BCUT2D eigenvalue weighted by atomic mass is 16.1. The van der Waals surface area contributed by atoms with Gasteiger partial charge < -0.3 is 0 Å². The number of Topliss-reactive ketones (excluding diaryl/α,β-unsaturated/α-hetero) is 1. The van der Waals surface area contributed by atoms with Crippen LogP contribution in [0.25, 0.3) is 0 Å². The highest BCUT2D eigenvalue weighted by molar-refractivity contribution is 5.81. The van der Waals surface area contributed by atoms with Crippen molar-refractivity contribution in [3.8, 4) is 0 Å². The van der Waals surface area contributed by atoms with E-state index >= 15 is 0 Å². The fourth-order valence-electron chi connectivity index (χ4n) is 2.89. The van der Waals surface area contributed by atoms with Crippen molar-refractivity contribution in [1.82, 2.24) is 0 Å². The Bertz CT molecular complexity index is 224. The summed E-state index contributed by atoms with van der Waals surface area (Å²) >= 11 is 0. The molecule has 1 heteroatoms. The Morgan fingerprint density at radius 1 is 1.24 bits per heavy atom.